The zero-order valence-corrected chi connectivity index (χ0v) is 18.4. The molecular formula is C23H33N3O4. The van der Waals surface area contributed by atoms with Crippen LogP contribution in [0.25, 0.3) is 0 Å². The highest BCUT2D eigenvalue weighted by Gasteiger charge is 2.38. The van der Waals surface area contributed by atoms with Crippen molar-refractivity contribution in [3.8, 4) is 0 Å². The average molecular weight is 416 g/mol. The van der Waals surface area contributed by atoms with Gasteiger partial charge in [0.25, 0.3) is 0 Å². The van der Waals surface area contributed by atoms with E-state index in [1.807, 2.05) is 58.0 Å². The minimum absolute atomic E-state index is 0.0197. The second kappa shape index (κ2) is 9.06. The number of carbonyl (C=O) groups excluding carboxylic acids is 3. The van der Waals surface area contributed by atoms with Gasteiger partial charge in [0.05, 0.1) is 12.0 Å². The summed E-state index contributed by atoms with van der Waals surface area (Å²) >= 11 is 0. The highest BCUT2D eigenvalue weighted by atomic mass is 16.6. The Morgan fingerprint density at radius 1 is 1.13 bits per heavy atom. The summed E-state index contributed by atoms with van der Waals surface area (Å²) in [5.41, 5.74) is 0.557. The van der Waals surface area contributed by atoms with Gasteiger partial charge in [-0.3, -0.25) is 9.59 Å². The summed E-state index contributed by atoms with van der Waals surface area (Å²) in [6.45, 7) is 9.10. The second-order valence-electron chi connectivity index (χ2n) is 9.28. The van der Waals surface area contributed by atoms with Crippen molar-refractivity contribution in [1.29, 1.82) is 0 Å². The molecule has 2 unspecified atom stereocenters. The molecule has 3 rings (SSSR count). The first-order chi connectivity index (χ1) is 14.1. The number of rotatable bonds is 4. The topological polar surface area (TPSA) is 79.0 Å². The van der Waals surface area contributed by atoms with Gasteiger partial charge in [0.2, 0.25) is 11.8 Å². The van der Waals surface area contributed by atoms with Crippen LogP contribution >= 0.6 is 0 Å². The van der Waals surface area contributed by atoms with Crippen LogP contribution in [0, 0.1) is 5.92 Å². The van der Waals surface area contributed by atoms with Gasteiger partial charge in [0.15, 0.2) is 0 Å². The molecule has 1 N–H and O–H groups in total. The molecule has 0 saturated carbocycles. The molecule has 3 amide bonds. The van der Waals surface area contributed by atoms with Gasteiger partial charge in [0, 0.05) is 32.1 Å². The number of amides is 3. The summed E-state index contributed by atoms with van der Waals surface area (Å²) in [6.07, 6.45) is 1.32. The molecule has 0 bridgehead atoms. The molecule has 164 valence electrons. The molecule has 0 aromatic heterocycles. The van der Waals surface area contributed by atoms with Gasteiger partial charge in [-0.05, 0) is 46.1 Å². The Morgan fingerprint density at radius 3 is 2.37 bits per heavy atom. The Labute approximate surface area is 178 Å². The molecular weight excluding hydrogens is 382 g/mol. The van der Waals surface area contributed by atoms with Crippen molar-refractivity contribution in [2.75, 3.05) is 19.6 Å². The Bertz CT molecular complexity index is 766. The number of hydrogen-bond donors (Lipinski definition) is 1. The van der Waals surface area contributed by atoms with Gasteiger partial charge in [-0.25, -0.2) is 4.79 Å². The van der Waals surface area contributed by atoms with E-state index in [9.17, 15) is 14.4 Å². The van der Waals surface area contributed by atoms with Crippen LogP contribution in [-0.2, 0) is 14.3 Å². The van der Waals surface area contributed by atoms with E-state index in [1.54, 1.807) is 9.80 Å². The summed E-state index contributed by atoms with van der Waals surface area (Å²) in [5.74, 6) is -0.374. The first kappa shape index (κ1) is 22.1. The number of hydrogen-bond acceptors (Lipinski definition) is 4. The minimum Gasteiger partial charge on any atom is -0.444 e. The lowest BCUT2D eigenvalue weighted by Crippen LogP contribution is -2.49. The molecule has 0 aliphatic carbocycles. The highest BCUT2D eigenvalue weighted by molar-refractivity contribution is 5.89. The number of likely N-dealkylation sites (tertiary alicyclic amines) is 2. The summed E-state index contributed by atoms with van der Waals surface area (Å²) in [4.78, 5) is 41.0. The van der Waals surface area contributed by atoms with Crippen molar-refractivity contribution in [3.63, 3.8) is 0 Å². The van der Waals surface area contributed by atoms with E-state index in [2.05, 4.69) is 5.32 Å². The van der Waals surface area contributed by atoms with Crippen molar-refractivity contribution < 1.29 is 19.1 Å². The molecule has 30 heavy (non-hydrogen) atoms. The summed E-state index contributed by atoms with van der Waals surface area (Å²) in [5, 5.41) is 3.09. The van der Waals surface area contributed by atoms with Crippen molar-refractivity contribution in [2.24, 2.45) is 5.92 Å². The van der Waals surface area contributed by atoms with E-state index < -0.39 is 5.60 Å². The van der Waals surface area contributed by atoms with E-state index in [-0.39, 0.29) is 42.3 Å². The summed E-state index contributed by atoms with van der Waals surface area (Å²) in [6, 6.07) is 9.85. The smallest absolute Gasteiger partial charge is 0.410 e. The number of ether oxygens (including phenoxy) is 1. The van der Waals surface area contributed by atoms with Gasteiger partial charge in [-0.15, -0.1) is 0 Å². The number of benzene rings is 1. The van der Waals surface area contributed by atoms with Gasteiger partial charge >= 0.3 is 6.09 Å². The summed E-state index contributed by atoms with van der Waals surface area (Å²) in [7, 11) is 0. The second-order valence-corrected chi connectivity index (χ2v) is 9.28. The number of carbonyl (C=O) groups is 3. The zero-order valence-electron chi connectivity index (χ0n) is 18.4. The molecule has 2 aliphatic rings. The maximum atomic E-state index is 12.8. The van der Waals surface area contributed by atoms with Gasteiger partial charge in [0.1, 0.15) is 5.60 Å². The van der Waals surface area contributed by atoms with E-state index >= 15 is 0 Å². The Hall–Kier alpha value is -2.57. The van der Waals surface area contributed by atoms with Crippen LogP contribution in [0.5, 0.6) is 0 Å². The van der Waals surface area contributed by atoms with Crippen molar-refractivity contribution in [1.82, 2.24) is 15.1 Å². The number of nitrogens with zero attached hydrogens (tertiary/aromatic N) is 2. The SMILES string of the molecule is CC(c1ccccc1)N1CC(C(=O)NC2CCN(C(=O)OC(C)(C)C)CC2)CC1=O. The normalized spacial score (nSPS) is 21.5. The minimum atomic E-state index is -0.514. The van der Waals surface area contributed by atoms with Crippen LogP contribution in [0.2, 0.25) is 0 Å². The van der Waals surface area contributed by atoms with Crippen molar-refractivity contribution >= 4 is 17.9 Å². The van der Waals surface area contributed by atoms with Crippen LogP contribution in [0.4, 0.5) is 4.79 Å². The van der Waals surface area contributed by atoms with Crippen LogP contribution in [0.15, 0.2) is 30.3 Å². The Morgan fingerprint density at radius 2 is 1.77 bits per heavy atom. The van der Waals surface area contributed by atoms with Crippen LogP contribution in [0.3, 0.4) is 0 Å². The van der Waals surface area contributed by atoms with Gasteiger partial charge in [-0.2, -0.15) is 0 Å². The van der Waals surface area contributed by atoms with Gasteiger partial charge in [-0.1, -0.05) is 30.3 Å². The molecule has 7 nitrogen and oxygen atoms in total. The average Bonchev–Trinajstić information content (AvgIpc) is 3.09. The predicted octanol–water partition coefficient (Wildman–Crippen LogP) is 3.11. The van der Waals surface area contributed by atoms with Crippen LogP contribution < -0.4 is 5.32 Å². The zero-order chi connectivity index (χ0) is 21.9. The largest absolute Gasteiger partial charge is 0.444 e. The fraction of sp³-hybridized carbons (Fsp3) is 0.609. The molecule has 2 fully saturated rings. The Kier molecular flexibility index (Phi) is 6.68. The molecule has 2 atom stereocenters. The molecule has 1 aromatic rings. The van der Waals surface area contributed by atoms with Crippen LogP contribution in [-0.4, -0.2) is 59.0 Å². The molecule has 2 saturated heterocycles. The van der Waals surface area contributed by atoms with E-state index in [0.717, 1.165) is 5.56 Å². The third-order valence-corrected chi connectivity index (χ3v) is 5.77. The fourth-order valence-electron chi connectivity index (χ4n) is 4.04. The fourth-order valence-corrected chi connectivity index (χ4v) is 4.04. The molecule has 0 radical (unpaired) electrons. The van der Waals surface area contributed by atoms with Crippen molar-refractivity contribution in [2.45, 2.75) is 64.6 Å². The monoisotopic (exact) mass is 415 g/mol. The van der Waals surface area contributed by atoms with E-state index in [4.69, 9.17) is 4.74 Å². The molecule has 2 heterocycles. The predicted molar refractivity (Wildman–Crippen MR) is 114 cm³/mol. The Balaban J connectivity index is 1.48. The quantitative estimate of drug-likeness (QED) is 0.820. The van der Waals surface area contributed by atoms with E-state index in [0.29, 0.717) is 32.5 Å². The number of piperidine rings is 1. The molecule has 7 heteroatoms. The lowest BCUT2D eigenvalue weighted by atomic mass is 10.0. The van der Waals surface area contributed by atoms with E-state index in [1.165, 1.54) is 0 Å². The maximum Gasteiger partial charge on any atom is 0.410 e. The van der Waals surface area contributed by atoms with Crippen molar-refractivity contribution in [3.05, 3.63) is 35.9 Å². The highest BCUT2D eigenvalue weighted by Crippen LogP contribution is 2.28. The summed E-state index contributed by atoms with van der Waals surface area (Å²) < 4.78 is 5.41. The molecule has 0 spiro atoms. The third-order valence-electron chi connectivity index (χ3n) is 5.77. The van der Waals surface area contributed by atoms with Crippen LogP contribution in [0.1, 0.15) is 58.6 Å². The number of nitrogens with one attached hydrogen (secondary N) is 1. The molecule has 2 aliphatic heterocycles. The lowest BCUT2D eigenvalue weighted by molar-refractivity contribution is -0.130. The standard InChI is InChI=1S/C23H33N3O4/c1-16(17-8-6-5-7-9-17)26-15-18(14-20(26)27)21(28)24-19-10-12-25(13-11-19)22(29)30-23(2,3)4/h5-9,16,18-19H,10-15H2,1-4H3,(H,24,28). The lowest BCUT2D eigenvalue weighted by Gasteiger charge is -2.34. The first-order valence-electron chi connectivity index (χ1n) is 10.8. The third kappa shape index (κ3) is 5.52. The van der Waals surface area contributed by atoms with Gasteiger partial charge < -0.3 is 19.9 Å². The first-order valence-corrected chi connectivity index (χ1v) is 10.8. The maximum absolute atomic E-state index is 12.8. The molecule has 1 aromatic carbocycles.